The molecular formula is C22H28O6S. The van der Waals surface area contributed by atoms with E-state index in [1.54, 1.807) is 11.8 Å². The van der Waals surface area contributed by atoms with Gasteiger partial charge in [0.1, 0.15) is 36.1 Å². The molecule has 0 bridgehead atoms. The molecule has 0 radical (unpaired) electrons. The average Bonchev–Trinajstić information content (AvgIpc) is 3.58. The van der Waals surface area contributed by atoms with E-state index in [1.165, 1.54) is 5.57 Å². The molecule has 0 aromatic rings. The fourth-order valence-electron chi connectivity index (χ4n) is 8.05. The monoisotopic (exact) mass is 420 g/mol. The van der Waals surface area contributed by atoms with Crippen LogP contribution in [0.25, 0.3) is 0 Å². The molecule has 2 saturated carbocycles. The largest absolute Gasteiger partial charge is 0.458 e. The number of epoxide rings is 3. The first kappa shape index (κ1) is 18.0. The Hall–Kier alpha value is -0.600. The van der Waals surface area contributed by atoms with Gasteiger partial charge in [-0.05, 0) is 42.9 Å². The van der Waals surface area contributed by atoms with Gasteiger partial charge in [0, 0.05) is 11.0 Å². The molecule has 4 aliphatic heterocycles. The maximum atomic E-state index is 12.2. The molecule has 9 atom stereocenters. The molecule has 4 heterocycles. The number of ether oxygens (including phenoxy) is 5. The van der Waals surface area contributed by atoms with Gasteiger partial charge in [-0.3, -0.25) is 0 Å². The molecular weight excluding hydrogens is 392 g/mol. The number of fused-ring (bicyclic) bond motifs is 4. The smallest absolute Gasteiger partial charge is 0.334 e. The zero-order valence-electron chi connectivity index (χ0n) is 17.4. The number of cyclic esters (lactones) is 1. The van der Waals surface area contributed by atoms with Gasteiger partial charge in [0.15, 0.2) is 5.60 Å². The molecule has 29 heavy (non-hydrogen) atoms. The second-order valence-electron chi connectivity index (χ2n) is 10.5. The molecule has 7 rings (SSSR count). The van der Waals surface area contributed by atoms with Gasteiger partial charge in [-0.1, -0.05) is 20.8 Å². The molecule has 0 N–H and O–H groups in total. The fraction of sp³-hybridized carbons (Fsp3) is 0.864. The summed E-state index contributed by atoms with van der Waals surface area (Å²) in [7, 11) is 0. The van der Waals surface area contributed by atoms with Crippen LogP contribution in [0.2, 0.25) is 0 Å². The lowest BCUT2D eigenvalue weighted by Crippen LogP contribution is -2.69. The van der Waals surface area contributed by atoms with Crippen LogP contribution in [0.1, 0.15) is 40.0 Å². The Balaban J connectivity index is 1.36. The topological polar surface area (TPSA) is 73.1 Å². The molecule has 3 saturated heterocycles. The predicted molar refractivity (Wildman–Crippen MR) is 104 cm³/mol. The highest BCUT2D eigenvalue weighted by Gasteiger charge is 3.00. The van der Waals surface area contributed by atoms with Crippen LogP contribution in [0.5, 0.6) is 0 Å². The van der Waals surface area contributed by atoms with E-state index in [9.17, 15) is 4.79 Å². The molecule has 9 unspecified atom stereocenters. The summed E-state index contributed by atoms with van der Waals surface area (Å²) in [6, 6.07) is 0. The Labute approximate surface area is 175 Å². The van der Waals surface area contributed by atoms with Crippen LogP contribution in [0.3, 0.4) is 0 Å². The summed E-state index contributed by atoms with van der Waals surface area (Å²) in [5.41, 5.74) is 0.935. The molecule has 5 fully saturated rings. The Morgan fingerprint density at radius 2 is 2.07 bits per heavy atom. The quantitative estimate of drug-likeness (QED) is 0.393. The highest BCUT2D eigenvalue weighted by atomic mass is 32.2. The maximum Gasteiger partial charge on any atom is 0.334 e. The van der Waals surface area contributed by atoms with Crippen LogP contribution < -0.4 is 0 Å². The van der Waals surface area contributed by atoms with E-state index >= 15 is 0 Å². The van der Waals surface area contributed by atoms with Crippen molar-refractivity contribution in [3.05, 3.63) is 11.1 Å². The third-order valence-electron chi connectivity index (χ3n) is 9.42. The van der Waals surface area contributed by atoms with Crippen molar-refractivity contribution in [2.75, 3.05) is 18.8 Å². The summed E-state index contributed by atoms with van der Waals surface area (Å²) in [6.45, 7) is 7.26. The highest BCUT2D eigenvalue weighted by Crippen LogP contribution is 2.83. The Kier molecular flexibility index (Phi) is 3.15. The molecule has 3 aliphatic carbocycles. The number of carbonyl (C=O) groups excluding carboxylic acids is 1. The first-order valence-corrected chi connectivity index (χ1v) is 12.3. The van der Waals surface area contributed by atoms with Crippen molar-refractivity contribution in [2.45, 2.75) is 81.3 Å². The van der Waals surface area contributed by atoms with Gasteiger partial charge < -0.3 is 23.7 Å². The van der Waals surface area contributed by atoms with E-state index in [2.05, 4.69) is 27.0 Å². The van der Waals surface area contributed by atoms with E-state index in [-0.39, 0.29) is 52.9 Å². The summed E-state index contributed by atoms with van der Waals surface area (Å²) in [4.78, 5) is 12.2. The van der Waals surface area contributed by atoms with Crippen LogP contribution in [-0.4, -0.2) is 66.0 Å². The molecule has 2 spiro atoms. The standard InChI is InChI=1S/C22H28O6S/c1-10(2)20-15(27-20)16-22(28-16)19(3)6-5-11-12(8-24-17(11)23)13(19)7-14-21(22,26-14)18(20)25-9-29-4/h10,13-16,18H,5-9H2,1-4H3. The molecule has 7 aliphatic rings. The minimum atomic E-state index is -0.419. The average molecular weight is 421 g/mol. The van der Waals surface area contributed by atoms with Crippen LogP contribution in [0, 0.1) is 17.3 Å². The van der Waals surface area contributed by atoms with Crippen molar-refractivity contribution in [2.24, 2.45) is 17.3 Å². The third kappa shape index (κ3) is 1.65. The fourth-order valence-corrected chi connectivity index (χ4v) is 8.32. The summed E-state index contributed by atoms with van der Waals surface area (Å²) in [5.74, 6) is 1.13. The van der Waals surface area contributed by atoms with Gasteiger partial charge in [-0.15, -0.1) is 11.8 Å². The van der Waals surface area contributed by atoms with E-state index in [1.807, 2.05) is 0 Å². The first-order valence-electron chi connectivity index (χ1n) is 10.9. The van der Waals surface area contributed by atoms with Crippen molar-refractivity contribution in [3.8, 4) is 0 Å². The number of hydrogen-bond donors (Lipinski definition) is 0. The SMILES string of the molecule is CSCOC1C2(C(C)C)OC2C2OC23C2(C)CCC4=C(COC4=O)C2CC2OC213. The van der Waals surface area contributed by atoms with E-state index in [4.69, 9.17) is 23.7 Å². The van der Waals surface area contributed by atoms with Gasteiger partial charge in [0.25, 0.3) is 0 Å². The zero-order valence-corrected chi connectivity index (χ0v) is 18.2. The van der Waals surface area contributed by atoms with Crippen LogP contribution in [-0.2, 0) is 28.5 Å². The Bertz CT molecular complexity index is 871. The van der Waals surface area contributed by atoms with Crippen molar-refractivity contribution in [3.63, 3.8) is 0 Å². The molecule has 0 aromatic heterocycles. The molecule has 7 heteroatoms. The second-order valence-corrected chi connectivity index (χ2v) is 11.3. The molecule has 0 aromatic carbocycles. The van der Waals surface area contributed by atoms with Gasteiger partial charge in [0.05, 0.1) is 12.0 Å². The van der Waals surface area contributed by atoms with Gasteiger partial charge in [-0.25, -0.2) is 4.79 Å². The maximum absolute atomic E-state index is 12.2. The lowest BCUT2D eigenvalue weighted by molar-refractivity contribution is -0.136. The molecule has 158 valence electrons. The normalized spacial score (nSPS) is 57.8. The molecule has 0 amide bonds. The van der Waals surface area contributed by atoms with Crippen LogP contribution >= 0.6 is 11.8 Å². The van der Waals surface area contributed by atoms with Gasteiger partial charge in [0.2, 0.25) is 0 Å². The third-order valence-corrected chi connectivity index (χ3v) is 9.79. The van der Waals surface area contributed by atoms with Crippen LogP contribution in [0.4, 0.5) is 0 Å². The van der Waals surface area contributed by atoms with E-state index < -0.39 is 5.60 Å². The van der Waals surface area contributed by atoms with Gasteiger partial charge >= 0.3 is 5.97 Å². The van der Waals surface area contributed by atoms with E-state index in [0.29, 0.717) is 18.5 Å². The van der Waals surface area contributed by atoms with Crippen molar-refractivity contribution < 1.29 is 28.5 Å². The Morgan fingerprint density at radius 1 is 1.24 bits per heavy atom. The summed E-state index contributed by atoms with van der Waals surface area (Å²) in [5, 5.41) is 0. The Morgan fingerprint density at radius 3 is 2.83 bits per heavy atom. The first-order chi connectivity index (χ1) is 13.9. The zero-order chi connectivity index (χ0) is 20.0. The lowest BCUT2D eigenvalue weighted by atomic mass is 9.46. The minimum absolute atomic E-state index is 0.0667. The van der Waals surface area contributed by atoms with Crippen molar-refractivity contribution in [1.82, 2.24) is 0 Å². The number of esters is 1. The summed E-state index contributed by atoms with van der Waals surface area (Å²) >= 11 is 1.69. The highest BCUT2D eigenvalue weighted by molar-refractivity contribution is 7.98. The number of carbonyl (C=O) groups is 1. The number of rotatable bonds is 4. The second kappa shape index (κ2) is 5.07. The van der Waals surface area contributed by atoms with Crippen molar-refractivity contribution >= 4 is 17.7 Å². The lowest BCUT2D eigenvalue weighted by Gasteiger charge is -2.54. The number of thioether (sulfide) groups is 1. The van der Waals surface area contributed by atoms with Crippen molar-refractivity contribution in [1.29, 1.82) is 0 Å². The van der Waals surface area contributed by atoms with Gasteiger partial charge in [-0.2, -0.15) is 0 Å². The van der Waals surface area contributed by atoms with Crippen LogP contribution in [0.15, 0.2) is 11.1 Å². The van der Waals surface area contributed by atoms with E-state index in [0.717, 1.165) is 24.8 Å². The summed E-state index contributed by atoms with van der Waals surface area (Å²) in [6.07, 6.45) is 4.83. The number of hydrogen-bond acceptors (Lipinski definition) is 7. The molecule has 6 nitrogen and oxygen atoms in total. The minimum Gasteiger partial charge on any atom is -0.458 e. The predicted octanol–water partition coefficient (Wildman–Crippen LogP) is 2.45. The summed E-state index contributed by atoms with van der Waals surface area (Å²) < 4.78 is 31.8.